The van der Waals surface area contributed by atoms with Gasteiger partial charge >= 0.3 is 0 Å². The standard InChI is InChI=1S/C27H19ClN4O2S3/c1-15-6-10-17(11-7-15)22-21(24-29-19-4-2-3-5-20(19)36-24)23(33)25(34)32(22)26-30-31-27(37-26)35-14-16-8-12-18(28)13-9-16/h2-13,22,33H,14H2,1H3/t22-/m1/s1. The number of aliphatic hydroxyl groups excluding tert-OH is 1. The van der Waals surface area contributed by atoms with Gasteiger partial charge in [-0.05, 0) is 42.3 Å². The summed E-state index contributed by atoms with van der Waals surface area (Å²) in [6.45, 7) is 2.01. The number of fused-ring (bicyclic) bond motifs is 1. The van der Waals surface area contributed by atoms with E-state index < -0.39 is 11.9 Å². The monoisotopic (exact) mass is 562 g/mol. The molecule has 1 aliphatic heterocycles. The van der Waals surface area contributed by atoms with Gasteiger partial charge in [-0.2, -0.15) is 0 Å². The van der Waals surface area contributed by atoms with Crippen LogP contribution in [0.5, 0.6) is 0 Å². The van der Waals surface area contributed by atoms with E-state index in [2.05, 4.69) is 10.2 Å². The Bertz CT molecular complexity index is 1610. The zero-order valence-corrected chi connectivity index (χ0v) is 22.7. The first-order valence-corrected chi connectivity index (χ1v) is 14.4. The minimum Gasteiger partial charge on any atom is -0.503 e. The molecule has 6 rings (SSSR count). The first kappa shape index (κ1) is 24.1. The van der Waals surface area contributed by atoms with Crippen LogP contribution in [0.15, 0.2) is 82.9 Å². The van der Waals surface area contributed by atoms with Crippen molar-refractivity contribution in [3.63, 3.8) is 0 Å². The van der Waals surface area contributed by atoms with Gasteiger partial charge in [0.05, 0.1) is 21.8 Å². The maximum absolute atomic E-state index is 13.5. The zero-order valence-electron chi connectivity index (χ0n) is 19.5. The van der Waals surface area contributed by atoms with Crippen LogP contribution in [-0.2, 0) is 10.5 Å². The molecule has 0 radical (unpaired) electrons. The number of aromatic nitrogens is 3. The number of anilines is 1. The summed E-state index contributed by atoms with van der Waals surface area (Å²) in [6.07, 6.45) is 0. The number of hydrogen-bond acceptors (Lipinski definition) is 8. The topological polar surface area (TPSA) is 79.2 Å². The van der Waals surface area contributed by atoms with Crippen LogP contribution in [0.2, 0.25) is 5.02 Å². The molecule has 0 aliphatic carbocycles. The molecule has 0 spiro atoms. The van der Waals surface area contributed by atoms with Crippen LogP contribution in [0, 0.1) is 6.92 Å². The molecule has 3 heterocycles. The number of thiazole rings is 1. The highest BCUT2D eigenvalue weighted by molar-refractivity contribution is 8.00. The second-order valence-electron chi connectivity index (χ2n) is 8.50. The van der Waals surface area contributed by atoms with Gasteiger partial charge in [0.2, 0.25) is 5.13 Å². The molecule has 0 saturated carbocycles. The molecule has 6 nitrogen and oxygen atoms in total. The molecule has 0 fully saturated rings. The number of benzene rings is 3. The lowest BCUT2D eigenvalue weighted by Gasteiger charge is -2.24. The lowest BCUT2D eigenvalue weighted by Crippen LogP contribution is -2.30. The Morgan fingerprint density at radius 3 is 2.51 bits per heavy atom. The van der Waals surface area contributed by atoms with Crippen LogP contribution in [0.4, 0.5) is 5.13 Å². The molecule has 5 aromatic rings. The Morgan fingerprint density at radius 2 is 1.76 bits per heavy atom. The number of halogens is 1. The Morgan fingerprint density at radius 1 is 1.00 bits per heavy atom. The fraction of sp³-hybridized carbons (Fsp3) is 0.111. The number of carbonyl (C=O) groups is 1. The molecule has 3 aromatic carbocycles. The van der Waals surface area contributed by atoms with E-state index in [1.807, 2.05) is 79.7 Å². The number of amides is 1. The van der Waals surface area contributed by atoms with E-state index in [0.29, 0.717) is 26.5 Å². The predicted molar refractivity (Wildman–Crippen MR) is 151 cm³/mol. The first-order valence-electron chi connectivity index (χ1n) is 11.4. The van der Waals surface area contributed by atoms with Crippen LogP contribution >= 0.6 is 46.0 Å². The van der Waals surface area contributed by atoms with Crippen LogP contribution in [0.25, 0.3) is 15.8 Å². The van der Waals surface area contributed by atoms with Crippen molar-refractivity contribution in [1.82, 2.24) is 15.2 Å². The Balaban J connectivity index is 1.37. The summed E-state index contributed by atoms with van der Waals surface area (Å²) in [5.41, 5.74) is 4.39. The van der Waals surface area contributed by atoms with E-state index >= 15 is 0 Å². The normalized spacial score (nSPS) is 15.8. The highest BCUT2D eigenvalue weighted by Crippen LogP contribution is 2.48. The molecule has 10 heteroatoms. The summed E-state index contributed by atoms with van der Waals surface area (Å²) in [5, 5.41) is 21.5. The van der Waals surface area contributed by atoms with Gasteiger partial charge in [0.25, 0.3) is 5.91 Å². The van der Waals surface area contributed by atoms with Crippen molar-refractivity contribution < 1.29 is 9.90 Å². The lowest BCUT2D eigenvalue weighted by molar-refractivity contribution is -0.117. The van der Waals surface area contributed by atoms with Gasteiger partial charge in [0.15, 0.2) is 10.1 Å². The average Bonchev–Trinajstić information content (AvgIpc) is 3.61. The third-order valence-electron chi connectivity index (χ3n) is 6.00. The highest BCUT2D eigenvalue weighted by Gasteiger charge is 2.44. The van der Waals surface area contributed by atoms with Crippen molar-refractivity contribution in [2.45, 2.75) is 23.1 Å². The van der Waals surface area contributed by atoms with Crippen LogP contribution in [0.3, 0.4) is 0 Å². The molecular weight excluding hydrogens is 544 g/mol. The third kappa shape index (κ3) is 4.64. The van der Waals surface area contributed by atoms with Crippen molar-refractivity contribution in [2.75, 3.05) is 4.90 Å². The van der Waals surface area contributed by atoms with E-state index in [9.17, 15) is 9.90 Å². The van der Waals surface area contributed by atoms with Gasteiger partial charge < -0.3 is 5.11 Å². The predicted octanol–water partition coefficient (Wildman–Crippen LogP) is 7.46. The number of carbonyl (C=O) groups excluding carboxylic acids is 1. The molecule has 1 amide bonds. The van der Waals surface area contributed by atoms with Gasteiger partial charge in [0.1, 0.15) is 5.01 Å². The molecule has 0 saturated heterocycles. The molecule has 1 N–H and O–H groups in total. The summed E-state index contributed by atoms with van der Waals surface area (Å²) in [4.78, 5) is 19.8. The van der Waals surface area contributed by atoms with Gasteiger partial charge in [-0.15, -0.1) is 21.5 Å². The van der Waals surface area contributed by atoms with E-state index in [4.69, 9.17) is 16.6 Å². The maximum Gasteiger partial charge on any atom is 0.296 e. The lowest BCUT2D eigenvalue weighted by atomic mass is 9.99. The summed E-state index contributed by atoms with van der Waals surface area (Å²) in [6, 6.07) is 22.8. The minimum absolute atomic E-state index is 0.310. The molecule has 37 heavy (non-hydrogen) atoms. The SMILES string of the molecule is Cc1ccc([C@@H]2C(c3nc4ccccc4s3)=C(O)C(=O)N2c2nnc(SCc3ccc(Cl)cc3)s2)cc1. The fourth-order valence-corrected chi connectivity index (χ4v) is 7.14. The fourth-order valence-electron chi connectivity index (χ4n) is 4.16. The molecule has 1 atom stereocenters. The van der Waals surface area contributed by atoms with E-state index in [1.165, 1.54) is 39.3 Å². The van der Waals surface area contributed by atoms with Crippen LogP contribution in [-0.4, -0.2) is 26.2 Å². The minimum atomic E-state index is -0.573. The number of hydrogen-bond donors (Lipinski definition) is 1. The van der Waals surface area contributed by atoms with Crippen molar-refractivity contribution in [2.24, 2.45) is 0 Å². The van der Waals surface area contributed by atoms with Crippen molar-refractivity contribution >= 4 is 72.9 Å². The second kappa shape index (κ2) is 9.90. The Hall–Kier alpha value is -3.24. The van der Waals surface area contributed by atoms with Crippen molar-refractivity contribution in [3.8, 4) is 0 Å². The van der Waals surface area contributed by atoms with Crippen LogP contribution in [0.1, 0.15) is 27.7 Å². The highest BCUT2D eigenvalue weighted by atomic mass is 35.5. The number of nitrogens with zero attached hydrogens (tertiary/aromatic N) is 4. The molecule has 0 bridgehead atoms. The number of thioether (sulfide) groups is 1. The third-order valence-corrected chi connectivity index (χ3v) is 9.45. The van der Waals surface area contributed by atoms with Gasteiger partial charge in [-0.1, -0.05) is 88.8 Å². The summed E-state index contributed by atoms with van der Waals surface area (Å²) in [5.74, 6) is -0.123. The molecular formula is C27H19ClN4O2S3. The quantitative estimate of drug-likeness (QED) is 0.171. The summed E-state index contributed by atoms with van der Waals surface area (Å²) >= 11 is 10.3. The van der Waals surface area contributed by atoms with Gasteiger partial charge in [0, 0.05) is 10.8 Å². The van der Waals surface area contributed by atoms with E-state index in [-0.39, 0.29) is 5.76 Å². The number of para-hydroxylation sites is 1. The average molecular weight is 563 g/mol. The largest absolute Gasteiger partial charge is 0.503 e. The van der Waals surface area contributed by atoms with Gasteiger partial charge in [-0.3, -0.25) is 9.69 Å². The molecule has 184 valence electrons. The first-order chi connectivity index (χ1) is 18.0. The van der Waals surface area contributed by atoms with Gasteiger partial charge in [-0.25, -0.2) is 4.98 Å². The molecule has 2 aromatic heterocycles. The molecule has 1 aliphatic rings. The Kier molecular flexibility index (Phi) is 6.46. The number of rotatable bonds is 6. The smallest absolute Gasteiger partial charge is 0.296 e. The summed E-state index contributed by atoms with van der Waals surface area (Å²) < 4.78 is 1.72. The number of aryl methyl sites for hydroxylation is 1. The van der Waals surface area contributed by atoms with E-state index in [0.717, 1.165) is 31.2 Å². The van der Waals surface area contributed by atoms with Crippen molar-refractivity contribution in [1.29, 1.82) is 0 Å². The van der Waals surface area contributed by atoms with Crippen LogP contribution < -0.4 is 4.90 Å². The number of aliphatic hydroxyl groups is 1. The van der Waals surface area contributed by atoms with Crippen molar-refractivity contribution in [3.05, 3.63) is 105 Å². The maximum atomic E-state index is 13.5. The summed E-state index contributed by atoms with van der Waals surface area (Å²) in [7, 11) is 0. The van der Waals surface area contributed by atoms with E-state index in [1.54, 1.807) is 0 Å². The zero-order chi connectivity index (χ0) is 25.5. The molecule has 0 unspecified atom stereocenters. The second-order valence-corrected chi connectivity index (χ2v) is 12.1. The Labute approximate surface area is 230 Å².